The Labute approximate surface area is 126 Å². The van der Waals surface area contributed by atoms with Crippen molar-refractivity contribution in [2.45, 2.75) is 44.2 Å². The summed E-state index contributed by atoms with van der Waals surface area (Å²) in [7, 11) is 0. The van der Waals surface area contributed by atoms with Crippen molar-refractivity contribution in [3.05, 3.63) is 23.2 Å². The molecule has 6 nitrogen and oxygen atoms in total. The molecule has 1 aliphatic carbocycles. The quantitative estimate of drug-likeness (QED) is 0.905. The zero-order valence-electron chi connectivity index (χ0n) is 11.5. The van der Waals surface area contributed by atoms with Crippen LogP contribution in [0.3, 0.4) is 0 Å². The average molecular weight is 307 g/mol. The summed E-state index contributed by atoms with van der Waals surface area (Å²) in [4.78, 5) is 12.1. The molecule has 1 aliphatic rings. The fraction of sp³-hybridized carbons (Fsp3) is 0.500. The molecule has 1 fully saturated rings. The molecule has 2 aromatic heterocycles. The van der Waals surface area contributed by atoms with Gasteiger partial charge in [0.05, 0.1) is 17.0 Å². The molecule has 0 aliphatic heterocycles. The van der Waals surface area contributed by atoms with Gasteiger partial charge in [0.2, 0.25) is 0 Å². The number of carboxylic acid groups (broad SMARTS) is 1. The third-order valence-corrected chi connectivity index (χ3v) is 4.80. The Kier molecular flexibility index (Phi) is 3.77. The maximum absolute atomic E-state index is 11.3. The summed E-state index contributed by atoms with van der Waals surface area (Å²) in [6, 6.07) is 3.70. The molecule has 2 heterocycles. The fourth-order valence-corrected chi connectivity index (χ4v) is 3.65. The number of aliphatic hydroxyl groups is 1. The zero-order chi connectivity index (χ0) is 14.9. The first-order chi connectivity index (χ1) is 10.1. The highest BCUT2D eigenvalue weighted by Gasteiger charge is 2.32. The van der Waals surface area contributed by atoms with E-state index in [2.05, 4.69) is 10.3 Å². The van der Waals surface area contributed by atoms with Crippen LogP contribution in [-0.4, -0.2) is 36.8 Å². The number of carboxylic acids is 1. The lowest BCUT2D eigenvalue weighted by atomic mass is 9.85. The summed E-state index contributed by atoms with van der Waals surface area (Å²) in [5, 5.41) is 29.6. The maximum Gasteiger partial charge on any atom is 0.358 e. The third kappa shape index (κ3) is 2.84. The van der Waals surface area contributed by atoms with E-state index in [1.807, 2.05) is 17.5 Å². The molecule has 0 aromatic carbocycles. The highest BCUT2D eigenvalue weighted by Crippen LogP contribution is 2.32. The molecule has 2 N–H and O–H groups in total. The van der Waals surface area contributed by atoms with Crippen LogP contribution in [0.1, 0.15) is 42.6 Å². The van der Waals surface area contributed by atoms with E-state index in [9.17, 15) is 15.0 Å². The van der Waals surface area contributed by atoms with Gasteiger partial charge >= 0.3 is 5.97 Å². The van der Waals surface area contributed by atoms with Crippen LogP contribution >= 0.6 is 11.3 Å². The molecule has 2 aromatic rings. The Bertz CT molecular complexity index is 630. The normalized spacial score (nSPS) is 17.8. The first-order valence-electron chi connectivity index (χ1n) is 7.02. The van der Waals surface area contributed by atoms with Gasteiger partial charge in [0.1, 0.15) is 5.69 Å². The van der Waals surface area contributed by atoms with Gasteiger partial charge in [-0.15, -0.1) is 16.4 Å². The topological polar surface area (TPSA) is 88.2 Å². The lowest BCUT2D eigenvalue weighted by Crippen LogP contribution is -2.36. The summed E-state index contributed by atoms with van der Waals surface area (Å²) in [6.07, 6.45) is 4.56. The van der Waals surface area contributed by atoms with E-state index in [-0.39, 0.29) is 5.69 Å². The van der Waals surface area contributed by atoms with Gasteiger partial charge in [0.15, 0.2) is 5.69 Å². The minimum atomic E-state index is -1.10. The van der Waals surface area contributed by atoms with Crippen molar-refractivity contribution in [2.75, 3.05) is 0 Å². The van der Waals surface area contributed by atoms with Crippen LogP contribution in [0, 0.1) is 0 Å². The Morgan fingerprint density at radius 3 is 2.76 bits per heavy atom. The molecule has 0 unspecified atom stereocenters. The highest BCUT2D eigenvalue weighted by atomic mass is 32.1. The summed E-state index contributed by atoms with van der Waals surface area (Å²) < 4.78 is 1.54. The van der Waals surface area contributed by atoms with Gasteiger partial charge in [-0.05, 0) is 24.3 Å². The van der Waals surface area contributed by atoms with Crippen molar-refractivity contribution in [3.63, 3.8) is 0 Å². The molecule has 112 valence electrons. The molecule has 0 saturated heterocycles. The molecule has 1 saturated carbocycles. The van der Waals surface area contributed by atoms with E-state index in [0.29, 0.717) is 12.2 Å². The zero-order valence-corrected chi connectivity index (χ0v) is 12.3. The van der Waals surface area contributed by atoms with Crippen LogP contribution in [-0.2, 0) is 6.54 Å². The predicted molar refractivity (Wildman–Crippen MR) is 78.3 cm³/mol. The Hall–Kier alpha value is -1.73. The Morgan fingerprint density at radius 1 is 1.38 bits per heavy atom. The van der Waals surface area contributed by atoms with Gasteiger partial charge in [0.25, 0.3) is 0 Å². The smallest absolute Gasteiger partial charge is 0.358 e. The molecule has 0 atom stereocenters. The summed E-state index contributed by atoms with van der Waals surface area (Å²) in [6.45, 7) is 0.292. The van der Waals surface area contributed by atoms with Gasteiger partial charge in [-0.3, -0.25) is 0 Å². The van der Waals surface area contributed by atoms with Crippen LogP contribution in [0.4, 0.5) is 0 Å². The van der Waals surface area contributed by atoms with E-state index in [1.54, 1.807) is 4.68 Å². The third-order valence-electron chi connectivity index (χ3n) is 3.92. The van der Waals surface area contributed by atoms with Crippen molar-refractivity contribution in [1.82, 2.24) is 15.0 Å². The van der Waals surface area contributed by atoms with Gasteiger partial charge in [-0.25, -0.2) is 9.48 Å². The van der Waals surface area contributed by atoms with Gasteiger partial charge < -0.3 is 10.2 Å². The summed E-state index contributed by atoms with van der Waals surface area (Å²) >= 11 is 1.44. The maximum atomic E-state index is 11.3. The van der Waals surface area contributed by atoms with Crippen molar-refractivity contribution in [1.29, 1.82) is 0 Å². The van der Waals surface area contributed by atoms with Gasteiger partial charge in [-0.2, -0.15) is 0 Å². The Morgan fingerprint density at radius 2 is 2.14 bits per heavy atom. The average Bonchev–Trinajstić information content (AvgIpc) is 3.07. The van der Waals surface area contributed by atoms with Gasteiger partial charge in [0, 0.05) is 0 Å². The molecule has 0 spiro atoms. The van der Waals surface area contributed by atoms with E-state index < -0.39 is 11.6 Å². The number of hydrogen-bond donors (Lipinski definition) is 2. The first kappa shape index (κ1) is 14.2. The number of thiophene rings is 1. The van der Waals surface area contributed by atoms with Crippen molar-refractivity contribution >= 4 is 17.3 Å². The van der Waals surface area contributed by atoms with E-state index >= 15 is 0 Å². The SMILES string of the molecule is O=C(O)c1nnn(CC2(O)CCCCC2)c1-c1cccs1. The Balaban J connectivity index is 1.97. The van der Waals surface area contributed by atoms with Crippen LogP contribution in [0.15, 0.2) is 17.5 Å². The molecule has 0 radical (unpaired) electrons. The minimum Gasteiger partial charge on any atom is -0.476 e. The van der Waals surface area contributed by atoms with E-state index in [4.69, 9.17) is 0 Å². The van der Waals surface area contributed by atoms with E-state index in [0.717, 1.165) is 37.0 Å². The van der Waals surface area contributed by atoms with Crippen LogP contribution < -0.4 is 0 Å². The molecular weight excluding hydrogens is 290 g/mol. The van der Waals surface area contributed by atoms with Gasteiger partial charge in [-0.1, -0.05) is 30.5 Å². The number of rotatable bonds is 4. The van der Waals surface area contributed by atoms with Crippen LogP contribution in [0.25, 0.3) is 10.6 Å². The predicted octanol–water partition coefficient (Wildman–Crippen LogP) is 2.40. The van der Waals surface area contributed by atoms with Crippen molar-refractivity contribution in [3.8, 4) is 10.6 Å². The number of hydrogen-bond acceptors (Lipinski definition) is 5. The second-order valence-corrected chi connectivity index (χ2v) is 6.46. The molecule has 0 bridgehead atoms. The highest BCUT2D eigenvalue weighted by molar-refractivity contribution is 7.13. The summed E-state index contributed by atoms with van der Waals surface area (Å²) in [5.74, 6) is -1.10. The number of nitrogens with zero attached hydrogens (tertiary/aromatic N) is 3. The second-order valence-electron chi connectivity index (χ2n) is 5.51. The molecule has 7 heteroatoms. The largest absolute Gasteiger partial charge is 0.476 e. The molecular formula is C14H17N3O3S. The number of aromatic carboxylic acids is 1. The molecule has 0 amide bonds. The van der Waals surface area contributed by atoms with Crippen molar-refractivity contribution in [2.24, 2.45) is 0 Å². The standard InChI is InChI=1S/C14H17N3O3S/c18-13(19)11-12(10-5-4-8-21-10)17(16-15-11)9-14(20)6-2-1-3-7-14/h4-5,8,20H,1-3,6-7,9H2,(H,18,19). The lowest BCUT2D eigenvalue weighted by Gasteiger charge is -2.32. The molecule has 21 heavy (non-hydrogen) atoms. The summed E-state index contributed by atoms with van der Waals surface area (Å²) in [5.41, 5.74) is -0.387. The second kappa shape index (κ2) is 5.57. The number of carbonyl (C=O) groups is 1. The monoisotopic (exact) mass is 307 g/mol. The van der Waals surface area contributed by atoms with Crippen molar-refractivity contribution < 1.29 is 15.0 Å². The van der Waals surface area contributed by atoms with Crippen LogP contribution in [0.5, 0.6) is 0 Å². The first-order valence-corrected chi connectivity index (χ1v) is 7.90. The fourth-order valence-electron chi connectivity index (χ4n) is 2.87. The lowest BCUT2D eigenvalue weighted by molar-refractivity contribution is -0.0142. The molecule has 3 rings (SSSR count). The van der Waals surface area contributed by atoms with E-state index in [1.165, 1.54) is 11.3 Å². The minimum absolute atomic E-state index is 0.0585. The number of aromatic nitrogens is 3. The van der Waals surface area contributed by atoms with Crippen LogP contribution in [0.2, 0.25) is 0 Å².